The molecule has 1 heterocycles. The van der Waals surface area contributed by atoms with Crippen LogP contribution in [0.15, 0.2) is 48.5 Å². The Labute approximate surface area is 156 Å². The van der Waals surface area contributed by atoms with Crippen LogP contribution in [0.5, 0.6) is 11.5 Å². The molecule has 1 aliphatic rings. The van der Waals surface area contributed by atoms with E-state index in [1.165, 1.54) is 4.90 Å². The number of carbonyl (C=O) groups is 2. The van der Waals surface area contributed by atoms with E-state index in [1.54, 1.807) is 49.4 Å². The Morgan fingerprint density at radius 3 is 2.73 bits per heavy atom. The van der Waals surface area contributed by atoms with E-state index in [0.717, 1.165) is 0 Å². The third-order valence-corrected chi connectivity index (χ3v) is 4.13. The predicted octanol–water partition coefficient (Wildman–Crippen LogP) is 2.65. The molecule has 0 aliphatic carbocycles. The maximum absolute atomic E-state index is 12.4. The minimum atomic E-state index is -0.620. The molecule has 1 N–H and O–H groups in total. The van der Waals surface area contributed by atoms with Gasteiger partial charge in [0, 0.05) is 5.02 Å². The number of amides is 2. The molecule has 1 aliphatic heterocycles. The first-order valence-electron chi connectivity index (χ1n) is 8.27. The number of ether oxygens (including phenoxy) is 2. The van der Waals surface area contributed by atoms with E-state index in [0.29, 0.717) is 35.4 Å². The monoisotopic (exact) mass is 374 g/mol. The number of nitrogens with one attached hydrogen (secondary N) is 1. The van der Waals surface area contributed by atoms with Gasteiger partial charge in [-0.3, -0.25) is 14.5 Å². The molecule has 0 saturated heterocycles. The number of anilines is 1. The lowest BCUT2D eigenvalue weighted by atomic mass is 10.2. The summed E-state index contributed by atoms with van der Waals surface area (Å²) in [6.45, 7) is 2.25. The third kappa shape index (κ3) is 4.26. The van der Waals surface area contributed by atoms with Crippen molar-refractivity contribution in [1.82, 2.24) is 5.32 Å². The molecule has 2 aromatic carbocycles. The highest BCUT2D eigenvalue weighted by atomic mass is 35.5. The Balaban J connectivity index is 1.51. The minimum absolute atomic E-state index is 0.0650. The Kier molecular flexibility index (Phi) is 5.63. The van der Waals surface area contributed by atoms with Crippen molar-refractivity contribution < 1.29 is 19.1 Å². The Hall–Kier alpha value is -2.73. The molecule has 26 heavy (non-hydrogen) atoms. The number of fused-ring (bicyclic) bond motifs is 1. The highest BCUT2D eigenvalue weighted by molar-refractivity contribution is 6.30. The first-order chi connectivity index (χ1) is 12.5. The molecule has 1 atom stereocenters. The summed E-state index contributed by atoms with van der Waals surface area (Å²) in [6, 6.07) is 14.2. The molecular weight excluding hydrogens is 356 g/mol. The normalized spacial score (nSPS) is 15.8. The Morgan fingerprint density at radius 2 is 1.96 bits per heavy atom. The van der Waals surface area contributed by atoms with Crippen LogP contribution in [0, 0.1) is 0 Å². The lowest BCUT2D eigenvalue weighted by Gasteiger charge is -2.32. The van der Waals surface area contributed by atoms with Crippen LogP contribution in [-0.2, 0) is 9.59 Å². The molecule has 3 rings (SSSR count). The zero-order chi connectivity index (χ0) is 18.5. The second kappa shape index (κ2) is 8.10. The first kappa shape index (κ1) is 18.1. The maximum atomic E-state index is 12.4. The van der Waals surface area contributed by atoms with Crippen molar-refractivity contribution in [1.29, 1.82) is 0 Å². The molecule has 0 aromatic heterocycles. The van der Waals surface area contributed by atoms with Gasteiger partial charge in [0.2, 0.25) is 5.91 Å². The molecule has 0 bridgehead atoms. The number of carbonyl (C=O) groups excluding carboxylic acids is 2. The summed E-state index contributed by atoms with van der Waals surface area (Å²) in [5, 5.41) is 3.39. The topological polar surface area (TPSA) is 67.9 Å². The van der Waals surface area contributed by atoms with E-state index in [4.69, 9.17) is 21.1 Å². The summed E-state index contributed by atoms with van der Waals surface area (Å²) < 4.78 is 11.1. The number of hydrogen-bond acceptors (Lipinski definition) is 4. The zero-order valence-electron chi connectivity index (χ0n) is 14.3. The first-order valence-corrected chi connectivity index (χ1v) is 8.64. The van der Waals surface area contributed by atoms with Crippen molar-refractivity contribution in [3.8, 4) is 11.5 Å². The fourth-order valence-electron chi connectivity index (χ4n) is 2.61. The van der Waals surface area contributed by atoms with Crippen molar-refractivity contribution in [2.45, 2.75) is 13.0 Å². The van der Waals surface area contributed by atoms with Crippen molar-refractivity contribution in [3.63, 3.8) is 0 Å². The van der Waals surface area contributed by atoms with Crippen molar-refractivity contribution in [2.24, 2.45) is 0 Å². The molecule has 0 spiro atoms. The van der Waals surface area contributed by atoms with Gasteiger partial charge >= 0.3 is 0 Å². The fourth-order valence-corrected chi connectivity index (χ4v) is 2.74. The summed E-state index contributed by atoms with van der Waals surface area (Å²) in [7, 11) is 0. The Bertz CT molecular complexity index is 794. The molecule has 0 fully saturated rings. The van der Waals surface area contributed by atoms with Gasteiger partial charge in [0.25, 0.3) is 5.91 Å². The zero-order valence-corrected chi connectivity index (χ0v) is 15.0. The van der Waals surface area contributed by atoms with Gasteiger partial charge in [0.1, 0.15) is 24.7 Å². The number of para-hydroxylation sites is 2. The van der Waals surface area contributed by atoms with Crippen LogP contribution < -0.4 is 19.7 Å². The summed E-state index contributed by atoms with van der Waals surface area (Å²) >= 11 is 5.81. The van der Waals surface area contributed by atoms with Crippen LogP contribution in [0.2, 0.25) is 5.02 Å². The number of nitrogens with zero attached hydrogens (tertiary/aromatic N) is 1. The highest BCUT2D eigenvalue weighted by Gasteiger charge is 2.32. The van der Waals surface area contributed by atoms with Crippen LogP contribution in [0.3, 0.4) is 0 Å². The van der Waals surface area contributed by atoms with Gasteiger partial charge in [-0.1, -0.05) is 23.7 Å². The van der Waals surface area contributed by atoms with E-state index >= 15 is 0 Å². The van der Waals surface area contributed by atoms with Crippen LogP contribution >= 0.6 is 11.6 Å². The average Bonchev–Trinajstić information content (AvgIpc) is 2.64. The van der Waals surface area contributed by atoms with Gasteiger partial charge in [-0.15, -0.1) is 0 Å². The van der Waals surface area contributed by atoms with E-state index in [1.807, 2.05) is 6.07 Å². The lowest BCUT2D eigenvalue weighted by Crippen LogP contribution is -2.49. The van der Waals surface area contributed by atoms with Crippen molar-refractivity contribution in [3.05, 3.63) is 53.6 Å². The van der Waals surface area contributed by atoms with Crippen molar-refractivity contribution in [2.75, 3.05) is 24.6 Å². The number of benzene rings is 2. The van der Waals surface area contributed by atoms with Gasteiger partial charge in [-0.2, -0.15) is 0 Å². The second-order valence-corrected chi connectivity index (χ2v) is 6.24. The SMILES string of the molecule is CC1Oc2ccccc2N(CC(=O)NCCOc2ccc(Cl)cc2)C1=O. The largest absolute Gasteiger partial charge is 0.492 e. The molecular formula is C19H19ClN2O4. The van der Waals surface area contributed by atoms with Crippen LogP contribution in [0.25, 0.3) is 0 Å². The summed E-state index contributed by atoms with van der Waals surface area (Å²) in [6.07, 6.45) is -0.620. The van der Waals surface area contributed by atoms with Gasteiger partial charge in [-0.05, 0) is 43.3 Å². The van der Waals surface area contributed by atoms with Gasteiger partial charge < -0.3 is 14.8 Å². The van der Waals surface area contributed by atoms with Crippen molar-refractivity contribution >= 4 is 29.1 Å². The van der Waals surface area contributed by atoms with Gasteiger partial charge in [-0.25, -0.2) is 0 Å². The van der Waals surface area contributed by atoms with Crippen LogP contribution in [0.1, 0.15) is 6.92 Å². The standard InChI is InChI=1S/C19H19ClN2O4/c1-13-19(24)22(16-4-2-3-5-17(16)26-13)12-18(23)21-10-11-25-15-8-6-14(20)7-9-15/h2-9,13H,10-12H2,1H3,(H,21,23). The number of halogens is 1. The number of rotatable bonds is 6. The molecule has 7 heteroatoms. The van der Waals surface area contributed by atoms with Gasteiger partial charge in [0.15, 0.2) is 6.10 Å². The highest BCUT2D eigenvalue weighted by Crippen LogP contribution is 2.33. The molecule has 0 radical (unpaired) electrons. The molecule has 2 amide bonds. The van der Waals surface area contributed by atoms with Crippen LogP contribution in [-0.4, -0.2) is 37.6 Å². The molecule has 136 valence electrons. The van der Waals surface area contributed by atoms with E-state index in [9.17, 15) is 9.59 Å². The van der Waals surface area contributed by atoms with E-state index < -0.39 is 6.10 Å². The fraction of sp³-hybridized carbons (Fsp3) is 0.263. The molecule has 2 aromatic rings. The molecule has 6 nitrogen and oxygen atoms in total. The smallest absolute Gasteiger partial charge is 0.268 e. The molecule has 1 unspecified atom stereocenters. The average molecular weight is 375 g/mol. The number of hydrogen-bond donors (Lipinski definition) is 1. The molecule has 0 saturated carbocycles. The minimum Gasteiger partial charge on any atom is -0.492 e. The summed E-state index contributed by atoms with van der Waals surface area (Å²) in [4.78, 5) is 26.0. The Morgan fingerprint density at radius 1 is 1.23 bits per heavy atom. The summed E-state index contributed by atoms with van der Waals surface area (Å²) in [5.41, 5.74) is 0.600. The van der Waals surface area contributed by atoms with Gasteiger partial charge in [0.05, 0.1) is 12.2 Å². The predicted molar refractivity (Wildman–Crippen MR) is 98.8 cm³/mol. The quantitative estimate of drug-likeness (QED) is 0.789. The van der Waals surface area contributed by atoms with Crippen LogP contribution in [0.4, 0.5) is 5.69 Å². The second-order valence-electron chi connectivity index (χ2n) is 5.80. The van der Waals surface area contributed by atoms with E-state index in [2.05, 4.69) is 5.32 Å². The lowest BCUT2D eigenvalue weighted by molar-refractivity contribution is -0.128. The summed E-state index contributed by atoms with van der Waals surface area (Å²) in [5.74, 6) is 0.770. The van der Waals surface area contributed by atoms with E-state index in [-0.39, 0.29) is 18.4 Å². The maximum Gasteiger partial charge on any atom is 0.268 e. The third-order valence-electron chi connectivity index (χ3n) is 3.88.